The fourth-order valence-corrected chi connectivity index (χ4v) is 3.70. The lowest BCUT2D eigenvalue weighted by Crippen LogP contribution is -2.25. The van der Waals surface area contributed by atoms with Gasteiger partial charge < -0.3 is 5.40 Å². The quantitative estimate of drug-likeness (QED) is 0.587. The molecule has 0 aliphatic rings. The first-order valence-electron chi connectivity index (χ1n) is 3.12. The lowest BCUT2D eigenvalue weighted by atomic mass is 11.0. The van der Waals surface area contributed by atoms with Crippen LogP contribution in [0.1, 0.15) is 13.8 Å². The second kappa shape index (κ2) is 5.53. The molecule has 2 N–H and O–H groups in total. The van der Waals surface area contributed by atoms with Crippen LogP contribution < -0.4 is 5.40 Å². The minimum atomic E-state index is -0.379. The van der Waals surface area contributed by atoms with Gasteiger partial charge in [-0.3, -0.25) is 0 Å². The van der Waals surface area contributed by atoms with Crippen molar-refractivity contribution in [1.82, 2.24) is 0 Å². The van der Waals surface area contributed by atoms with Crippen LogP contribution in [0.5, 0.6) is 0 Å². The van der Waals surface area contributed by atoms with E-state index in [9.17, 15) is 0 Å². The second-order valence-corrected chi connectivity index (χ2v) is 6.44. The van der Waals surface area contributed by atoms with E-state index in [1.54, 1.807) is 0 Å². The van der Waals surface area contributed by atoms with Crippen LogP contribution in [0.3, 0.4) is 0 Å². The predicted molar refractivity (Wildman–Crippen MR) is 41.5 cm³/mol. The van der Waals surface area contributed by atoms with Gasteiger partial charge in [0.15, 0.2) is 0 Å². The first-order chi connectivity index (χ1) is 3.81. The monoisotopic (exact) mass is 144 g/mol. The molecule has 8 heavy (non-hydrogen) atoms. The molecule has 0 amide bonds. The molecule has 0 fully saturated rings. The zero-order valence-electron chi connectivity index (χ0n) is 5.70. The first kappa shape index (κ1) is 8.39. The van der Waals surface area contributed by atoms with Gasteiger partial charge in [-0.1, -0.05) is 25.6 Å². The molecule has 1 nitrogen and oxygen atoms in total. The Kier molecular flexibility index (Phi) is 5.80. The zero-order chi connectivity index (χ0) is 6.41. The highest BCUT2D eigenvalue weighted by Gasteiger charge is 1.99. The smallest absolute Gasteiger partial charge is 0.127 e. The highest BCUT2D eigenvalue weighted by atomic mass is 28.3. The van der Waals surface area contributed by atoms with Crippen LogP contribution in [-0.4, -0.2) is 18.5 Å². The normalized spacial score (nSPS) is 10.5. The summed E-state index contributed by atoms with van der Waals surface area (Å²) in [6, 6.07) is 2.56. The van der Waals surface area contributed by atoms with Crippen LogP contribution in [0.15, 0.2) is 0 Å². The predicted octanol–water partition coefficient (Wildman–Crippen LogP) is 1.06. The van der Waals surface area contributed by atoms with E-state index < -0.39 is 0 Å². The Labute approximate surface area is 56.2 Å². The summed E-state index contributed by atoms with van der Waals surface area (Å²) in [5, 5.41) is 5.77. The summed E-state index contributed by atoms with van der Waals surface area (Å²) >= 11 is 0. The van der Waals surface area contributed by atoms with Crippen LogP contribution in [0.4, 0.5) is 0 Å². The van der Waals surface area contributed by atoms with Crippen molar-refractivity contribution in [3.8, 4) is 0 Å². The van der Waals surface area contributed by atoms with Crippen LogP contribution >= 0.6 is 0 Å². The lowest BCUT2D eigenvalue weighted by Gasteiger charge is -2.00. The Morgan fingerprint density at radius 2 is 2.12 bits per heavy atom. The van der Waals surface area contributed by atoms with Crippen LogP contribution in [-0.2, 0) is 0 Å². The van der Waals surface area contributed by atoms with Crippen LogP contribution in [0.25, 0.3) is 0 Å². The average Bonchev–Trinajstić information content (AvgIpc) is 1.83. The Morgan fingerprint density at radius 1 is 1.50 bits per heavy atom. The third kappa shape index (κ3) is 4.55. The van der Waals surface area contributed by atoms with Gasteiger partial charge in [0.2, 0.25) is 0 Å². The molecule has 0 saturated carbocycles. The van der Waals surface area contributed by atoms with Crippen molar-refractivity contribution in [1.29, 1.82) is 0 Å². The largest absolute Gasteiger partial charge is 0.352 e. The van der Waals surface area contributed by atoms with E-state index in [0.29, 0.717) is 0 Å². The Balaban J connectivity index is 2.86. The maximum atomic E-state index is 5.77. The molecule has 3 radical (unpaired) electrons. The molecule has 0 rings (SSSR count). The number of hydrogen-bond donors (Lipinski definition) is 1. The molecule has 0 aromatic carbocycles. The van der Waals surface area contributed by atoms with E-state index in [1.165, 1.54) is 17.8 Å². The third-order valence-electron chi connectivity index (χ3n) is 1.06. The van der Waals surface area contributed by atoms with Gasteiger partial charge in [-0.15, -0.1) is 0 Å². The molecule has 0 bridgehead atoms. The van der Waals surface area contributed by atoms with Gasteiger partial charge in [-0.05, 0) is 6.04 Å². The maximum Gasteiger partial charge on any atom is 0.127 e. The highest BCUT2D eigenvalue weighted by Crippen LogP contribution is 1.90. The molecular formula is C5H14NSi2. The standard InChI is InChI=1S/C5H14NSi2/c1-3-7-5-8(6)4-2/h3-6H2,1-2H3. The SMILES string of the molecule is CC[Si]C[Si](N)CC. The van der Waals surface area contributed by atoms with Crippen molar-refractivity contribution in [2.75, 3.05) is 0 Å². The van der Waals surface area contributed by atoms with Gasteiger partial charge in [0, 0.05) is 9.52 Å². The summed E-state index contributed by atoms with van der Waals surface area (Å²) in [5.74, 6) is 0. The molecule has 3 heteroatoms. The third-order valence-corrected chi connectivity index (χ3v) is 5.28. The van der Waals surface area contributed by atoms with Crippen molar-refractivity contribution in [3.63, 3.8) is 0 Å². The minimum Gasteiger partial charge on any atom is -0.352 e. The molecule has 0 aromatic heterocycles. The number of rotatable bonds is 4. The van der Waals surface area contributed by atoms with Gasteiger partial charge in [-0.2, -0.15) is 0 Å². The molecule has 0 heterocycles. The van der Waals surface area contributed by atoms with Gasteiger partial charge in [0.25, 0.3) is 0 Å². The van der Waals surface area contributed by atoms with E-state index in [4.69, 9.17) is 5.40 Å². The molecule has 47 valence electrons. The molecule has 0 aromatic rings. The Bertz CT molecular complexity index is 49.7. The van der Waals surface area contributed by atoms with Gasteiger partial charge >= 0.3 is 0 Å². The van der Waals surface area contributed by atoms with Crippen molar-refractivity contribution in [2.24, 2.45) is 5.40 Å². The molecule has 0 saturated heterocycles. The van der Waals surface area contributed by atoms with E-state index in [1.807, 2.05) is 0 Å². The maximum absolute atomic E-state index is 5.77. The van der Waals surface area contributed by atoms with E-state index >= 15 is 0 Å². The molecule has 0 aliphatic heterocycles. The molecule has 0 aliphatic carbocycles. The van der Waals surface area contributed by atoms with E-state index in [-0.39, 0.29) is 8.96 Å². The molecular weight excluding hydrogens is 130 g/mol. The van der Waals surface area contributed by atoms with Crippen molar-refractivity contribution < 1.29 is 0 Å². The molecule has 0 unspecified atom stereocenters. The van der Waals surface area contributed by atoms with E-state index in [2.05, 4.69) is 13.8 Å². The Morgan fingerprint density at radius 3 is 2.50 bits per heavy atom. The van der Waals surface area contributed by atoms with Crippen LogP contribution in [0.2, 0.25) is 17.8 Å². The van der Waals surface area contributed by atoms with Crippen molar-refractivity contribution in [3.05, 3.63) is 0 Å². The summed E-state index contributed by atoms with van der Waals surface area (Å²) in [7, 11) is 0.743. The van der Waals surface area contributed by atoms with E-state index in [0.717, 1.165) is 9.52 Å². The van der Waals surface area contributed by atoms with Gasteiger partial charge in [-0.25, -0.2) is 0 Å². The molecule has 0 spiro atoms. The lowest BCUT2D eigenvalue weighted by molar-refractivity contribution is 1.36. The van der Waals surface area contributed by atoms with Crippen LogP contribution in [0, 0.1) is 0 Å². The fourth-order valence-electron chi connectivity index (χ4n) is 0.411. The number of nitrogens with two attached hydrogens (primary N) is 1. The topological polar surface area (TPSA) is 26.0 Å². The van der Waals surface area contributed by atoms with Gasteiger partial charge in [0.05, 0.1) is 0 Å². The minimum absolute atomic E-state index is 0.379. The Hall–Kier alpha value is 0.394. The summed E-state index contributed by atoms with van der Waals surface area (Å²) < 4.78 is 0. The zero-order valence-corrected chi connectivity index (χ0v) is 7.70. The van der Waals surface area contributed by atoms with Crippen molar-refractivity contribution >= 4 is 18.5 Å². The summed E-state index contributed by atoms with van der Waals surface area (Å²) in [5.41, 5.74) is 1.33. The van der Waals surface area contributed by atoms with Gasteiger partial charge in [0.1, 0.15) is 8.96 Å². The summed E-state index contributed by atoms with van der Waals surface area (Å²) in [4.78, 5) is 0. The molecule has 0 atom stereocenters. The summed E-state index contributed by atoms with van der Waals surface area (Å²) in [6.07, 6.45) is 0. The van der Waals surface area contributed by atoms with Crippen molar-refractivity contribution in [2.45, 2.75) is 31.6 Å². The second-order valence-electron chi connectivity index (χ2n) is 1.79. The fraction of sp³-hybridized carbons (Fsp3) is 1.00. The first-order valence-corrected chi connectivity index (χ1v) is 6.52. The summed E-state index contributed by atoms with van der Waals surface area (Å²) in [6.45, 7) is 4.41. The average molecular weight is 144 g/mol. The number of hydrogen-bond acceptors (Lipinski definition) is 1. The highest BCUT2D eigenvalue weighted by molar-refractivity contribution is 6.67.